The van der Waals surface area contributed by atoms with Crippen LogP contribution in [0.25, 0.3) is 0 Å². The van der Waals surface area contributed by atoms with Crippen molar-refractivity contribution in [1.29, 1.82) is 0 Å². The molecular formula is C8H8O7. The highest BCUT2D eigenvalue weighted by molar-refractivity contribution is 5.92. The Morgan fingerprint density at radius 3 is 1.73 bits per heavy atom. The zero-order valence-corrected chi connectivity index (χ0v) is 7.38. The molecule has 0 amide bonds. The van der Waals surface area contributed by atoms with Crippen molar-refractivity contribution in [2.24, 2.45) is 0 Å². The minimum Gasteiger partial charge on any atom is -0.502 e. The van der Waals surface area contributed by atoms with Gasteiger partial charge >= 0.3 is 17.9 Å². The average molecular weight is 216 g/mol. The van der Waals surface area contributed by atoms with Gasteiger partial charge in [-0.25, -0.2) is 9.59 Å². The standard InChI is InChI=1S/C8H8O7/c9-5(8(14)15)2-1-4(7(12)13)3-6(10)11/h1-2,9H,3H2,(H,10,11)(H,12,13)(H,14,15). The highest BCUT2D eigenvalue weighted by Gasteiger charge is 2.11. The number of carboxylic acid groups (broad SMARTS) is 3. The molecule has 0 saturated carbocycles. The van der Waals surface area contributed by atoms with Gasteiger partial charge in [-0.15, -0.1) is 0 Å². The van der Waals surface area contributed by atoms with Crippen LogP contribution < -0.4 is 0 Å². The summed E-state index contributed by atoms with van der Waals surface area (Å²) in [5, 5.41) is 33.7. The van der Waals surface area contributed by atoms with Crippen LogP contribution in [0.15, 0.2) is 23.5 Å². The van der Waals surface area contributed by atoms with Crippen molar-refractivity contribution in [3.63, 3.8) is 0 Å². The van der Waals surface area contributed by atoms with Crippen LogP contribution in [0.4, 0.5) is 0 Å². The zero-order chi connectivity index (χ0) is 12.0. The maximum atomic E-state index is 10.4. The number of aliphatic carboxylic acids is 3. The van der Waals surface area contributed by atoms with Crippen LogP contribution in [0.5, 0.6) is 0 Å². The van der Waals surface area contributed by atoms with E-state index >= 15 is 0 Å². The summed E-state index contributed by atoms with van der Waals surface area (Å²) in [4.78, 5) is 30.7. The predicted molar refractivity (Wildman–Crippen MR) is 46.3 cm³/mol. The first-order valence-electron chi connectivity index (χ1n) is 3.62. The third-order valence-electron chi connectivity index (χ3n) is 1.28. The van der Waals surface area contributed by atoms with E-state index in [-0.39, 0.29) is 0 Å². The molecule has 0 aromatic rings. The lowest BCUT2D eigenvalue weighted by molar-refractivity contribution is -0.139. The van der Waals surface area contributed by atoms with Gasteiger partial charge in [0.2, 0.25) is 5.76 Å². The largest absolute Gasteiger partial charge is 0.502 e. The van der Waals surface area contributed by atoms with Crippen LogP contribution in [-0.4, -0.2) is 38.3 Å². The van der Waals surface area contributed by atoms with Gasteiger partial charge in [-0.05, 0) is 12.2 Å². The van der Waals surface area contributed by atoms with Gasteiger partial charge in [-0.3, -0.25) is 4.79 Å². The van der Waals surface area contributed by atoms with Crippen molar-refractivity contribution < 1.29 is 34.8 Å². The molecule has 4 N–H and O–H groups in total. The second-order valence-electron chi connectivity index (χ2n) is 2.42. The van der Waals surface area contributed by atoms with E-state index < -0.39 is 35.7 Å². The summed E-state index contributed by atoms with van der Waals surface area (Å²) in [6, 6.07) is 0. The lowest BCUT2D eigenvalue weighted by Gasteiger charge is -1.95. The van der Waals surface area contributed by atoms with Crippen molar-refractivity contribution in [2.45, 2.75) is 6.42 Å². The van der Waals surface area contributed by atoms with Gasteiger partial charge in [-0.1, -0.05) is 0 Å². The number of carbonyl (C=O) groups is 3. The minimum absolute atomic E-state index is 0.532. The van der Waals surface area contributed by atoms with E-state index in [0.717, 1.165) is 6.08 Å². The van der Waals surface area contributed by atoms with Crippen LogP contribution in [0.1, 0.15) is 6.42 Å². The Labute approximate surface area is 83.6 Å². The van der Waals surface area contributed by atoms with Gasteiger partial charge in [0.1, 0.15) is 0 Å². The molecule has 0 rings (SSSR count). The lowest BCUT2D eigenvalue weighted by Crippen LogP contribution is -2.06. The molecule has 0 aliphatic rings. The number of hydrogen-bond acceptors (Lipinski definition) is 4. The van der Waals surface area contributed by atoms with Gasteiger partial charge < -0.3 is 20.4 Å². The summed E-state index contributed by atoms with van der Waals surface area (Å²) < 4.78 is 0. The normalized spacial score (nSPS) is 12.3. The van der Waals surface area contributed by atoms with Crippen molar-refractivity contribution >= 4 is 17.9 Å². The van der Waals surface area contributed by atoms with E-state index in [2.05, 4.69) is 0 Å². The molecule has 0 unspecified atom stereocenters. The summed E-state index contributed by atoms with van der Waals surface area (Å²) >= 11 is 0. The molecular weight excluding hydrogens is 208 g/mol. The Morgan fingerprint density at radius 1 is 0.867 bits per heavy atom. The molecule has 0 heterocycles. The number of aliphatic hydroxyl groups excluding tert-OH is 1. The van der Waals surface area contributed by atoms with Gasteiger partial charge in [-0.2, -0.15) is 0 Å². The van der Waals surface area contributed by atoms with E-state index in [4.69, 9.17) is 20.4 Å². The number of hydrogen-bond donors (Lipinski definition) is 4. The quantitative estimate of drug-likeness (QED) is 0.289. The Bertz CT molecular complexity index is 350. The smallest absolute Gasteiger partial charge is 0.370 e. The summed E-state index contributed by atoms with van der Waals surface area (Å²) in [5.41, 5.74) is -0.532. The highest BCUT2D eigenvalue weighted by Crippen LogP contribution is 2.03. The molecule has 0 spiro atoms. The number of rotatable bonds is 5. The molecule has 7 heteroatoms. The topological polar surface area (TPSA) is 132 Å². The van der Waals surface area contributed by atoms with Crippen LogP contribution in [0.2, 0.25) is 0 Å². The maximum absolute atomic E-state index is 10.4. The summed E-state index contributed by atoms with van der Waals surface area (Å²) in [5.74, 6) is -5.57. The van der Waals surface area contributed by atoms with E-state index in [1.807, 2.05) is 0 Å². The Hall–Kier alpha value is -2.31. The fourth-order valence-electron chi connectivity index (χ4n) is 0.620. The first-order chi connectivity index (χ1) is 6.84. The molecule has 0 atom stereocenters. The number of allylic oxidation sites excluding steroid dienone is 2. The third kappa shape index (κ3) is 5.09. The van der Waals surface area contributed by atoms with Crippen molar-refractivity contribution in [1.82, 2.24) is 0 Å². The van der Waals surface area contributed by atoms with E-state index in [1.165, 1.54) is 0 Å². The average Bonchev–Trinajstić information content (AvgIpc) is 2.10. The fourth-order valence-corrected chi connectivity index (χ4v) is 0.620. The fraction of sp³-hybridized carbons (Fsp3) is 0.125. The first-order valence-corrected chi connectivity index (χ1v) is 3.62. The van der Waals surface area contributed by atoms with Gasteiger partial charge in [0.05, 0.1) is 6.42 Å². The summed E-state index contributed by atoms with van der Waals surface area (Å²) in [6.45, 7) is 0. The predicted octanol–water partition coefficient (Wildman–Crippen LogP) is -0.00140. The Kier molecular flexibility index (Phi) is 4.59. The second-order valence-corrected chi connectivity index (χ2v) is 2.42. The van der Waals surface area contributed by atoms with Crippen molar-refractivity contribution in [2.75, 3.05) is 0 Å². The van der Waals surface area contributed by atoms with Crippen LogP contribution in [-0.2, 0) is 14.4 Å². The molecule has 0 aliphatic carbocycles. The van der Waals surface area contributed by atoms with Crippen LogP contribution in [0, 0.1) is 0 Å². The molecule has 0 aliphatic heterocycles. The van der Waals surface area contributed by atoms with Crippen molar-refractivity contribution in [3.05, 3.63) is 23.5 Å². The molecule has 0 aromatic carbocycles. The minimum atomic E-state index is -1.63. The number of aliphatic hydroxyl groups is 1. The molecule has 0 radical (unpaired) electrons. The molecule has 0 saturated heterocycles. The lowest BCUT2D eigenvalue weighted by atomic mass is 10.1. The monoisotopic (exact) mass is 216 g/mol. The maximum Gasteiger partial charge on any atom is 0.370 e. The molecule has 0 bridgehead atoms. The zero-order valence-electron chi connectivity index (χ0n) is 7.38. The molecule has 82 valence electrons. The second kappa shape index (κ2) is 5.43. The summed E-state index contributed by atoms with van der Waals surface area (Å²) in [6.07, 6.45) is 0.563. The molecule has 0 aromatic heterocycles. The van der Waals surface area contributed by atoms with Gasteiger partial charge in [0.15, 0.2) is 0 Å². The summed E-state index contributed by atoms with van der Waals surface area (Å²) in [7, 11) is 0. The SMILES string of the molecule is O=C(O)CC(=CC=C(O)C(=O)O)C(=O)O. The van der Waals surface area contributed by atoms with E-state index in [9.17, 15) is 14.4 Å². The van der Waals surface area contributed by atoms with Gasteiger partial charge in [0.25, 0.3) is 0 Å². The molecule has 0 fully saturated rings. The van der Waals surface area contributed by atoms with E-state index in [1.54, 1.807) is 0 Å². The Balaban J connectivity index is 4.85. The Morgan fingerprint density at radius 2 is 1.40 bits per heavy atom. The van der Waals surface area contributed by atoms with Gasteiger partial charge in [0, 0.05) is 5.57 Å². The first kappa shape index (κ1) is 12.7. The number of carboxylic acids is 3. The van der Waals surface area contributed by atoms with Crippen molar-refractivity contribution in [3.8, 4) is 0 Å². The van der Waals surface area contributed by atoms with Crippen LogP contribution in [0.3, 0.4) is 0 Å². The van der Waals surface area contributed by atoms with E-state index in [0.29, 0.717) is 6.08 Å². The highest BCUT2D eigenvalue weighted by atomic mass is 16.4. The molecule has 7 nitrogen and oxygen atoms in total. The molecule has 15 heavy (non-hydrogen) atoms. The van der Waals surface area contributed by atoms with Crippen LogP contribution >= 0.6 is 0 Å². The third-order valence-corrected chi connectivity index (χ3v) is 1.28.